The van der Waals surface area contributed by atoms with Crippen LogP contribution in [0.3, 0.4) is 0 Å². The summed E-state index contributed by atoms with van der Waals surface area (Å²) in [6, 6.07) is 6.81. The van der Waals surface area contributed by atoms with Gasteiger partial charge in [0.25, 0.3) is 0 Å². The van der Waals surface area contributed by atoms with Crippen LogP contribution in [-0.4, -0.2) is 37.6 Å². The Morgan fingerprint density at radius 1 is 1.45 bits per heavy atom. The first-order valence-corrected chi connectivity index (χ1v) is 7.58. The SMILES string of the molecule is CN=C(NCc1ccccc1OC(F)F)N1CCCC(C)C1. The van der Waals surface area contributed by atoms with E-state index in [0.29, 0.717) is 18.0 Å². The maximum absolute atomic E-state index is 12.4. The van der Waals surface area contributed by atoms with Gasteiger partial charge in [0.2, 0.25) is 0 Å². The molecule has 0 aromatic heterocycles. The number of nitrogens with zero attached hydrogens (tertiary/aromatic N) is 2. The van der Waals surface area contributed by atoms with Gasteiger partial charge in [0.15, 0.2) is 5.96 Å². The van der Waals surface area contributed by atoms with Gasteiger partial charge < -0.3 is 15.0 Å². The number of piperidine rings is 1. The van der Waals surface area contributed by atoms with Gasteiger partial charge in [-0.1, -0.05) is 25.1 Å². The van der Waals surface area contributed by atoms with Crippen molar-refractivity contribution in [2.75, 3.05) is 20.1 Å². The molecule has 1 aromatic carbocycles. The molecule has 0 aliphatic carbocycles. The van der Waals surface area contributed by atoms with Crippen molar-refractivity contribution in [1.82, 2.24) is 10.2 Å². The van der Waals surface area contributed by atoms with E-state index in [1.807, 2.05) is 0 Å². The summed E-state index contributed by atoms with van der Waals surface area (Å²) in [6.07, 6.45) is 2.38. The van der Waals surface area contributed by atoms with Crippen LogP contribution in [0.4, 0.5) is 8.78 Å². The van der Waals surface area contributed by atoms with E-state index in [-0.39, 0.29) is 5.75 Å². The Bertz CT molecular complexity index is 508. The lowest BCUT2D eigenvalue weighted by Gasteiger charge is -2.33. The molecule has 1 aliphatic heterocycles. The van der Waals surface area contributed by atoms with Crippen LogP contribution in [0, 0.1) is 5.92 Å². The number of para-hydroxylation sites is 1. The van der Waals surface area contributed by atoms with Crippen LogP contribution in [0.5, 0.6) is 5.75 Å². The third-order valence-electron chi connectivity index (χ3n) is 3.79. The Balaban J connectivity index is 1.99. The van der Waals surface area contributed by atoms with Crippen LogP contribution in [0.2, 0.25) is 0 Å². The molecule has 1 aromatic rings. The Labute approximate surface area is 130 Å². The fourth-order valence-electron chi connectivity index (χ4n) is 2.75. The Morgan fingerprint density at radius 2 is 2.23 bits per heavy atom. The third-order valence-corrected chi connectivity index (χ3v) is 3.79. The quantitative estimate of drug-likeness (QED) is 0.686. The highest BCUT2D eigenvalue weighted by atomic mass is 19.3. The van der Waals surface area contributed by atoms with Crippen molar-refractivity contribution in [2.45, 2.75) is 32.9 Å². The van der Waals surface area contributed by atoms with Gasteiger partial charge >= 0.3 is 6.61 Å². The summed E-state index contributed by atoms with van der Waals surface area (Å²) in [6.45, 7) is 1.75. The molecule has 1 unspecified atom stereocenters. The number of nitrogens with one attached hydrogen (secondary N) is 1. The largest absolute Gasteiger partial charge is 0.434 e. The highest BCUT2D eigenvalue weighted by Gasteiger charge is 2.19. The molecule has 122 valence electrons. The Kier molecular flexibility index (Phi) is 5.98. The molecular weight excluding hydrogens is 288 g/mol. The number of likely N-dealkylation sites (tertiary alicyclic amines) is 1. The van der Waals surface area contributed by atoms with Crippen molar-refractivity contribution in [2.24, 2.45) is 10.9 Å². The number of ether oxygens (including phenoxy) is 1. The van der Waals surface area contributed by atoms with Crippen LogP contribution in [0.25, 0.3) is 0 Å². The third kappa shape index (κ3) is 4.58. The topological polar surface area (TPSA) is 36.9 Å². The fraction of sp³-hybridized carbons (Fsp3) is 0.562. The summed E-state index contributed by atoms with van der Waals surface area (Å²) in [5.74, 6) is 1.65. The average Bonchev–Trinajstić information content (AvgIpc) is 2.49. The van der Waals surface area contributed by atoms with Crippen molar-refractivity contribution in [3.05, 3.63) is 29.8 Å². The standard InChI is InChI=1S/C16H23F2N3O/c1-12-6-5-9-21(11-12)16(19-2)20-10-13-7-3-4-8-14(13)22-15(17)18/h3-4,7-8,12,15H,5-6,9-11H2,1-2H3,(H,19,20). The zero-order chi connectivity index (χ0) is 15.9. The molecule has 4 nitrogen and oxygen atoms in total. The maximum atomic E-state index is 12.4. The summed E-state index contributed by atoms with van der Waals surface area (Å²) >= 11 is 0. The first kappa shape index (κ1) is 16.5. The van der Waals surface area contributed by atoms with Gasteiger partial charge in [-0.3, -0.25) is 4.99 Å². The van der Waals surface area contributed by atoms with Gasteiger partial charge in [-0.05, 0) is 24.8 Å². The average molecular weight is 311 g/mol. The molecule has 0 amide bonds. The van der Waals surface area contributed by atoms with Crippen LogP contribution in [0.15, 0.2) is 29.3 Å². The molecule has 0 spiro atoms. The molecule has 1 atom stereocenters. The number of rotatable bonds is 4. The van der Waals surface area contributed by atoms with Crippen LogP contribution in [0.1, 0.15) is 25.3 Å². The van der Waals surface area contributed by atoms with Gasteiger partial charge in [-0.15, -0.1) is 0 Å². The van der Waals surface area contributed by atoms with Gasteiger partial charge in [-0.25, -0.2) is 0 Å². The number of benzene rings is 1. The molecule has 1 N–H and O–H groups in total. The lowest BCUT2D eigenvalue weighted by atomic mass is 10.0. The van der Waals surface area contributed by atoms with Crippen molar-refractivity contribution in [3.63, 3.8) is 0 Å². The summed E-state index contributed by atoms with van der Waals surface area (Å²) < 4.78 is 29.4. The lowest BCUT2D eigenvalue weighted by Crippen LogP contribution is -2.45. The second-order valence-electron chi connectivity index (χ2n) is 5.58. The molecule has 22 heavy (non-hydrogen) atoms. The monoisotopic (exact) mass is 311 g/mol. The van der Waals surface area contributed by atoms with Crippen molar-refractivity contribution < 1.29 is 13.5 Å². The highest BCUT2D eigenvalue weighted by molar-refractivity contribution is 5.80. The zero-order valence-electron chi connectivity index (χ0n) is 13.1. The first-order valence-electron chi connectivity index (χ1n) is 7.58. The van der Waals surface area contributed by atoms with Crippen LogP contribution < -0.4 is 10.1 Å². The van der Waals surface area contributed by atoms with Crippen LogP contribution in [-0.2, 0) is 6.54 Å². The molecule has 6 heteroatoms. The van der Waals surface area contributed by atoms with E-state index < -0.39 is 6.61 Å². The van der Waals surface area contributed by atoms with Crippen LogP contribution >= 0.6 is 0 Å². The summed E-state index contributed by atoms with van der Waals surface area (Å²) in [4.78, 5) is 6.51. The number of guanidine groups is 1. The van der Waals surface area contributed by atoms with E-state index in [1.54, 1.807) is 31.3 Å². The first-order chi connectivity index (χ1) is 10.6. The van der Waals surface area contributed by atoms with Crippen molar-refractivity contribution in [1.29, 1.82) is 0 Å². The molecule has 1 heterocycles. The smallest absolute Gasteiger partial charge is 0.387 e. The molecule has 1 aliphatic rings. The molecule has 0 radical (unpaired) electrons. The lowest BCUT2D eigenvalue weighted by molar-refractivity contribution is -0.0504. The minimum absolute atomic E-state index is 0.201. The van der Waals surface area contributed by atoms with E-state index in [2.05, 4.69) is 26.9 Å². The molecule has 1 fully saturated rings. The van der Waals surface area contributed by atoms with Crippen molar-refractivity contribution in [3.8, 4) is 5.75 Å². The predicted molar refractivity (Wildman–Crippen MR) is 83.2 cm³/mol. The number of aliphatic imine (C=N–C) groups is 1. The van der Waals surface area contributed by atoms with E-state index in [0.717, 1.165) is 25.5 Å². The Hall–Kier alpha value is -1.85. The minimum atomic E-state index is -2.82. The molecule has 2 rings (SSSR count). The van der Waals surface area contributed by atoms with Gasteiger partial charge in [0.05, 0.1) is 0 Å². The summed E-state index contributed by atoms with van der Waals surface area (Å²) in [5, 5.41) is 3.24. The normalized spacial score (nSPS) is 19.4. The number of alkyl halides is 2. The number of hydrogen-bond donors (Lipinski definition) is 1. The Morgan fingerprint density at radius 3 is 2.91 bits per heavy atom. The summed E-state index contributed by atoms with van der Waals surface area (Å²) in [7, 11) is 1.74. The highest BCUT2D eigenvalue weighted by Crippen LogP contribution is 2.20. The molecule has 0 bridgehead atoms. The number of halogens is 2. The zero-order valence-corrected chi connectivity index (χ0v) is 13.1. The van der Waals surface area contributed by atoms with E-state index in [9.17, 15) is 8.78 Å². The molecular formula is C16H23F2N3O. The predicted octanol–water partition coefficient (Wildman–Crippen LogP) is 3.10. The molecule has 0 saturated carbocycles. The molecule has 1 saturated heterocycles. The van der Waals surface area contributed by atoms with E-state index in [1.165, 1.54) is 6.42 Å². The maximum Gasteiger partial charge on any atom is 0.387 e. The minimum Gasteiger partial charge on any atom is -0.434 e. The summed E-state index contributed by atoms with van der Waals surface area (Å²) in [5.41, 5.74) is 0.689. The van der Waals surface area contributed by atoms with Gasteiger partial charge in [0, 0.05) is 32.2 Å². The second-order valence-corrected chi connectivity index (χ2v) is 5.58. The van der Waals surface area contributed by atoms with Crippen molar-refractivity contribution >= 4 is 5.96 Å². The van der Waals surface area contributed by atoms with Gasteiger partial charge in [0.1, 0.15) is 5.75 Å². The second kappa shape index (κ2) is 7.96. The van der Waals surface area contributed by atoms with Gasteiger partial charge in [-0.2, -0.15) is 8.78 Å². The fourth-order valence-corrected chi connectivity index (χ4v) is 2.75. The number of hydrogen-bond acceptors (Lipinski definition) is 2. The van der Waals surface area contributed by atoms with E-state index >= 15 is 0 Å². The van der Waals surface area contributed by atoms with E-state index in [4.69, 9.17) is 0 Å².